The fourth-order valence-corrected chi connectivity index (χ4v) is 1.80. The first-order valence-electron chi connectivity index (χ1n) is 6.47. The van der Waals surface area contributed by atoms with Crippen LogP contribution in [-0.4, -0.2) is 25.9 Å². The quantitative estimate of drug-likeness (QED) is 0.773. The van der Waals surface area contributed by atoms with E-state index >= 15 is 0 Å². The van der Waals surface area contributed by atoms with Gasteiger partial charge in [-0.15, -0.1) is 0 Å². The highest BCUT2D eigenvalue weighted by atomic mass is 19.4. The molecule has 0 fully saturated rings. The highest BCUT2D eigenvalue weighted by molar-refractivity contribution is 5.27. The van der Waals surface area contributed by atoms with Crippen LogP contribution in [0.5, 0.6) is 0 Å². The van der Waals surface area contributed by atoms with Gasteiger partial charge in [-0.2, -0.15) is 13.2 Å². The van der Waals surface area contributed by atoms with Crippen molar-refractivity contribution in [2.75, 3.05) is 19.8 Å². The smallest absolute Gasteiger partial charge is 0.370 e. The van der Waals surface area contributed by atoms with Gasteiger partial charge < -0.3 is 10.1 Å². The van der Waals surface area contributed by atoms with E-state index in [9.17, 15) is 17.6 Å². The molecule has 6 heteroatoms. The summed E-state index contributed by atoms with van der Waals surface area (Å²) in [5.74, 6) is -0.445. The highest BCUT2D eigenvalue weighted by Gasteiger charge is 2.28. The van der Waals surface area contributed by atoms with Crippen LogP contribution in [0.2, 0.25) is 0 Å². The maximum atomic E-state index is 13.8. The van der Waals surface area contributed by atoms with E-state index in [2.05, 4.69) is 10.1 Å². The molecule has 0 aliphatic carbocycles. The molecule has 1 aromatic carbocycles. The molecule has 1 N–H and O–H groups in total. The SMILES string of the molecule is CCCNC(COCC(F)(F)F)c1cc(C)ccc1F. The van der Waals surface area contributed by atoms with E-state index in [1.165, 1.54) is 6.07 Å². The Labute approximate surface area is 116 Å². The number of rotatable bonds is 7. The average Bonchev–Trinajstić information content (AvgIpc) is 2.35. The Bertz CT molecular complexity index is 420. The number of nitrogens with one attached hydrogen (secondary N) is 1. The van der Waals surface area contributed by atoms with Gasteiger partial charge in [0.05, 0.1) is 12.6 Å². The molecule has 0 aromatic heterocycles. The molecule has 0 saturated carbocycles. The zero-order valence-corrected chi connectivity index (χ0v) is 11.6. The number of hydrogen-bond acceptors (Lipinski definition) is 2. The molecule has 0 radical (unpaired) electrons. The maximum Gasteiger partial charge on any atom is 0.411 e. The van der Waals surface area contributed by atoms with E-state index in [0.29, 0.717) is 12.1 Å². The van der Waals surface area contributed by atoms with Crippen molar-refractivity contribution in [3.05, 3.63) is 35.1 Å². The van der Waals surface area contributed by atoms with Crippen molar-refractivity contribution >= 4 is 0 Å². The van der Waals surface area contributed by atoms with Crippen LogP contribution in [0.4, 0.5) is 17.6 Å². The Balaban J connectivity index is 2.75. The third kappa shape index (κ3) is 5.88. The lowest BCUT2D eigenvalue weighted by atomic mass is 10.0. The lowest BCUT2D eigenvalue weighted by Gasteiger charge is -2.20. The van der Waals surface area contributed by atoms with Crippen LogP contribution >= 0.6 is 0 Å². The Morgan fingerprint density at radius 3 is 2.60 bits per heavy atom. The first kappa shape index (κ1) is 16.9. The number of benzene rings is 1. The summed E-state index contributed by atoms with van der Waals surface area (Å²) in [6.45, 7) is 2.75. The Hall–Kier alpha value is -1.14. The molecular formula is C14H19F4NO. The summed E-state index contributed by atoms with van der Waals surface area (Å²) >= 11 is 0. The van der Waals surface area contributed by atoms with Gasteiger partial charge in [-0.3, -0.25) is 0 Å². The molecule has 0 saturated heterocycles. The maximum absolute atomic E-state index is 13.8. The minimum absolute atomic E-state index is 0.222. The van der Waals surface area contributed by atoms with Crippen LogP contribution in [0.15, 0.2) is 18.2 Å². The summed E-state index contributed by atoms with van der Waals surface area (Å²) in [6.07, 6.45) is -3.58. The minimum Gasteiger partial charge on any atom is -0.370 e. The summed E-state index contributed by atoms with van der Waals surface area (Å²) in [5, 5.41) is 3.01. The third-order valence-electron chi connectivity index (χ3n) is 2.72. The first-order valence-corrected chi connectivity index (χ1v) is 6.47. The molecule has 1 aromatic rings. The Kier molecular flexibility index (Phi) is 6.42. The van der Waals surface area contributed by atoms with Crippen LogP contribution in [0.25, 0.3) is 0 Å². The van der Waals surface area contributed by atoms with Gasteiger partial charge >= 0.3 is 6.18 Å². The van der Waals surface area contributed by atoms with Crippen molar-refractivity contribution in [1.29, 1.82) is 0 Å². The number of halogens is 4. The molecule has 0 bridgehead atoms. The standard InChI is InChI=1S/C14H19F4NO/c1-3-6-19-13(8-20-9-14(16,17)18)11-7-10(2)4-5-12(11)15/h4-5,7,13,19H,3,6,8-9H2,1-2H3. The molecule has 0 amide bonds. The summed E-state index contributed by atoms with van der Waals surface area (Å²) in [6, 6.07) is 3.97. The van der Waals surface area contributed by atoms with Gasteiger partial charge in [0.2, 0.25) is 0 Å². The fourth-order valence-electron chi connectivity index (χ4n) is 1.80. The van der Waals surface area contributed by atoms with Crippen LogP contribution in [-0.2, 0) is 4.74 Å². The number of aryl methyl sites for hydroxylation is 1. The van der Waals surface area contributed by atoms with Crippen molar-refractivity contribution < 1.29 is 22.3 Å². The average molecular weight is 293 g/mol. The summed E-state index contributed by atoms with van der Waals surface area (Å²) in [5.41, 5.74) is 1.18. The van der Waals surface area contributed by atoms with Crippen LogP contribution in [0, 0.1) is 12.7 Å². The first-order chi connectivity index (χ1) is 9.33. The van der Waals surface area contributed by atoms with Gasteiger partial charge in [-0.05, 0) is 26.0 Å². The molecule has 0 spiro atoms. The molecule has 0 aliphatic rings. The van der Waals surface area contributed by atoms with Crippen LogP contribution < -0.4 is 5.32 Å². The predicted molar refractivity (Wildman–Crippen MR) is 69.0 cm³/mol. The monoisotopic (exact) mass is 293 g/mol. The van der Waals surface area contributed by atoms with Gasteiger partial charge in [0.1, 0.15) is 12.4 Å². The number of hydrogen-bond donors (Lipinski definition) is 1. The van der Waals surface area contributed by atoms with E-state index in [-0.39, 0.29) is 6.61 Å². The molecule has 0 aliphatic heterocycles. The van der Waals surface area contributed by atoms with Gasteiger partial charge in [0.15, 0.2) is 0 Å². The van der Waals surface area contributed by atoms with Crippen molar-refractivity contribution in [1.82, 2.24) is 5.32 Å². The Morgan fingerprint density at radius 2 is 2.00 bits per heavy atom. The Morgan fingerprint density at radius 1 is 1.30 bits per heavy atom. The molecular weight excluding hydrogens is 274 g/mol. The molecule has 20 heavy (non-hydrogen) atoms. The molecule has 2 nitrogen and oxygen atoms in total. The molecule has 1 atom stereocenters. The van der Waals surface area contributed by atoms with Crippen molar-refractivity contribution in [2.24, 2.45) is 0 Å². The molecule has 1 rings (SSSR count). The zero-order valence-electron chi connectivity index (χ0n) is 11.6. The minimum atomic E-state index is -4.37. The van der Waals surface area contributed by atoms with Crippen molar-refractivity contribution in [2.45, 2.75) is 32.5 Å². The largest absolute Gasteiger partial charge is 0.411 e. The predicted octanol–water partition coefficient (Wildman–Crippen LogP) is 3.75. The molecule has 0 heterocycles. The van der Waals surface area contributed by atoms with Crippen molar-refractivity contribution in [3.8, 4) is 0 Å². The van der Waals surface area contributed by atoms with Crippen molar-refractivity contribution in [3.63, 3.8) is 0 Å². The van der Waals surface area contributed by atoms with Gasteiger partial charge in [0, 0.05) is 5.56 Å². The molecule has 1 unspecified atom stereocenters. The number of ether oxygens (including phenoxy) is 1. The van der Waals surface area contributed by atoms with E-state index in [0.717, 1.165) is 12.0 Å². The topological polar surface area (TPSA) is 21.3 Å². The fraction of sp³-hybridized carbons (Fsp3) is 0.571. The van der Waals surface area contributed by atoms with Crippen LogP contribution in [0.3, 0.4) is 0 Å². The summed E-state index contributed by atoms with van der Waals surface area (Å²) in [7, 11) is 0. The zero-order chi connectivity index (χ0) is 15.2. The molecule has 114 valence electrons. The van der Waals surface area contributed by atoms with E-state index < -0.39 is 24.6 Å². The lowest BCUT2D eigenvalue weighted by molar-refractivity contribution is -0.175. The van der Waals surface area contributed by atoms with E-state index in [1.807, 2.05) is 6.92 Å². The van der Waals surface area contributed by atoms with Crippen LogP contribution in [0.1, 0.15) is 30.5 Å². The normalized spacial score (nSPS) is 13.5. The van der Waals surface area contributed by atoms with Gasteiger partial charge in [-0.1, -0.05) is 24.6 Å². The number of alkyl halides is 3. The second-order valence-corrected chi connectivity index (χ2v) is 4.66. The van der Waals surface area contributed by atoms with E-state index in [1.54, 1.807) is 19.1 Å². The highest BCUT2D eigenvalue weighted by Crippen LogP contribution is 2.21. The summed E-state index contributed by atoms with van der Waals surface area (Å²) in [4.78, 5) is 0. The van der Waals surface area contributed by atoms with E-state index in [4.69, 9.17) is 0 Å². The lowest BCUT2D eigenvalue weighted by Crippen LogP contribution is -2.29. The second kappa shape index (κ2) is 7.59. The third-order valence-corrected chi connectivity index (χ3v) is 2.72. The van der Waals surface area contributed by atoms with Gasteiger partial charge in [0.25, 0.3) is 0 Å². The second-order valence-electron chi connectivity index (χ2n) is 4.66. The summed E-state index contributed by atoms with van der Waals surface area (Å²) < 4.78 is 54.7. The van der Waals surface area contributed by atoms with Gasteiger partial charge in [-0.25, -0.2) is 4.39 Å².